The minimum absolute atomic E-state index is 0.0164. The van der Waals surface area contributed by atoms with E-state index in [1.54, 1.807) is 17.0 Å². The summed E-state index contributed by atoms with van der Waals surface area (Å²) in [5.74, 6) is 1.32. The van der Waals surface area contributed by atoms with Crippen molar-refractivity contribution in [1.82, 2.24) is 10.2 Å². The highest BCUT2D eigenvalue weighted by Gasteiger charge is 2.38. The van der Waals surface area contributed by atoms with Crippen molar-refractivity contribution in [2.75, 3.05) is 13.1 Å². The minimum atomic E-state index is -0.660. The van der Waals surface area contributed by atoms with Crippen molar-refractivity contribution in [1.29, 1.82) is 0 Å². The van der Waals surface area contributed by atoms with E-state index in [-0.39, 0.29) is 24.0 Å². The van der Waals surface area contributed by atoms with Gasteiger partial charge in [-0.1, -0.05) is 12.1 Å². The number of carbonyl (C=O) groups is 2. The lowest BCUT2D eigenvalue weighted by Gasteiger charge is -2.37. The fourth-order valence-corrected chi connectivity index (χ4v) is 3.67. The predicted molar refractivity (Wildman–Crippen MR) is 101 cm³/mol. The molecule has 148 valence electrons. The summed E-state index contributed by atoms with van der Waals surface area (Å²) in [7, 11) is 0. The van der Waals surface area contributed by atoms with Gasteiger partial charge in [-0.25, -0.2) is 0 Å². The van der Waals surface area contributed by atoms with Gasteiger partial charge < -0.3 is 24.1 Å². The number of benzene rings is 1. The van der Waals surface area contributed by atoms with E-state index in [1.165, 1.54) is 6.26 Å². The Morgan fingerprint density at radius 2 is 1.75 bits per heavy atom. The van der Waals surface area contributed by atoms with Gasteiger partial charge in [-0.2, -0.15) is 0 Å². The maximum absolute atomic E-state index is 13.0. The molecule has 3 heterocycles. The number of aryl methyl sites for hydroxylation is 1. The third kappa shape index (κ3) is 3.56. The SMILES string of the molecule is Cc1ccoc1C(=O)NC1CCN(C(=O)C2Oc3ccccc3OC2C)CC1. The van der Waals surface area contributed by atoms with E-state index in [1.807, 2.05) is 32.0 Å². The molecule has 2 unspecified atom stereocenters. The second kappa shape index (κ2) is 7.58. The lowest BCUT2D eigenvalue weighted by atomic mass is 10.0. The maximum atomic E-state index is 13.0. The molecule has 2 aliphatic rings. The van der Waals surface area contributed by atoms with Crippen molar-refractivity contribution >= 4 is 11.8 Å². The van der Waals surface area contributed by atoms with E-state index >= 15 is 0 Å². The molecular weight excluding hydrogens is 360 g/mol. The van der Waals surface area contributed by atoms with Crippen LogP contribution in [0.5, 0.6) is 11.5 Å². The van der Waals surface area contributed by atoms with Crippen LogP contribution in [-0.4, -0.2) is 48.1 Å². The molecule has 1 saturated heterocycles. The first-order chi connectivity index (χ1) is 13.5. The zero-order valence-electron chi connectivity index (χ0n) is 16.0. The second-order valence-corrected chi connectivity index (χ2v) is 7.31. The van der Waals surface area contributed by atoms with Crippen molar-refractivity contribution < 1.29 is 23.5 Å². The van der Waals surface area contributed by atoms with Crippen LogP contribution in [0.3, 0.4) is 0 Å². The highest BCUT2D eigenvalue weighted by atomic mass is 16.6. The van der Waals surface area contributed by atoms with Gasteiger partial charge in [-0.15, -0.1) is 0 Å². The Bertz CT molecular complexity index is 869. The summed E-state index contributed by atoms with van der Waals surface area (Å²) in [4.78, 5) is 27.0. The van der Waals surface area contributed by atoms with Crippen LogP contribution in [0.2, 0.25) is 0 Å². The number of furan rings is 1. The number of hydrogen-bond donors (Lipinski definition) is 1. The van der Waals surface area contributed by atoms with Gasteiger partial charge in [0.15, 0.2) is 17.3 Å². The fourth-order valence-electron chi connectivity index (χ4n) is 3.67. The molecule has 4 rings (SSSR count). The Balaban J connectivity index is 1.33. The Kier molecular flexibility index (Phi) is 4.98. The van der Waals surface area contributed by atoms with Gasteiger partial charge in [0.25, 0.3) is 11.8 Å². The van der Waals surface area contributed by atoms with E-state index in [0.29, 0.717) is 43.2 Å². The zero-order valence-corrected chi connectivity index (χ0v) is 16.0. The van der Waals surface area contributed by atoms with E-state index in [0.717, 1.165) is 5.56 Å². The van der Waals surface area contributed by atoms with Crippen LogP contribution in [0.25, 0.3) is 0 Å². The largest absolute Gasteiger partial charge is 0.482 e. The average molecular weight is 384 g/mol. The molecule has 0 spiro atoms. The number of ether oxygens (including phenoxy) is 2. The number of piperidine rings is 1. The minimum Gasteiger partial charge on any atom is -0.482 e. The summed E-state index contributed by atoms with van der Waals surface area (Å²) in [6, 6.07) is 9.15. The topological polar surface area (TPSA) is 81.0 Å². The zero-order chi connectivity index (χ0) is 19.7. The Morgan fingerprint density at radius 1 is 1.07 bits per heavy atom. The predicted octanol–water partition coefficient (Wildman–Crippen LogP) is 2.54. The van der Waals surface area contributed by atoms with Gasteiger partial charge in [0, 0.05) is 24.7 Å². The number of nitrogens with one attached hydrogen (secondary N) is 1. The van der Waals surface area contributed by atoms with Crippen LogP contribution in [0, 0.1) is 6.92 Å². The van der Waals surface area contributed by atoms with Gasteiger partial charge in [0.05, 0.1) is 6.26 Å². The smallest absolute Gasteiger partial charge is 0.287 e. The molecular formula is C21H24N2O5. The molecule has 7 heteroatoms. The number of amides is 2. The number of carbonyl (C=O) groups excluding carboxylic acids is 2. The molecule has 0 bridgehead atoms. The third-order valence-corrected chi connectivity index (χ3v) is 5.30. The fraction of sp³-hybridized carbons (Fsp3) is 0.429. The number of rotatable bonds is 3. The van der Waals surface area contributed by atoms with Gasteiger partial charge >= 0.3 is 0 Å². The number of para-hydroxylation sites is 2. The third-order valence-electron chi connectivity index (χ3n) is 5.30. The monoisotopic (exact) mass is 384 g/mol. The molecule has 0 radical (unpaired) electrons. The molecule has 2 aromatic rings. The van der Waals surface area contributed by atoms with E-state index in [2.05, 4.69) is 5.32 Å². The van der Waals surface area contributed by atoms with Crippen LogP contribution >= 0.6 is 0 Å². The van der Waals surface area contributed by atoms with Crippen molar-refractivity contribution in [3.63, 3.8) is 0 Å². The first-order valence-electron chi connectivity index (χ1n) is 9.59. The normalized spacial score (nSPS) is 22.0. The molecule has 2 aliphatic heterocycles. The second-order valence-electron chi connectivity index (χ2n) is 7.31. The van der Waals surface area contributed by atoms with E-state index in [4.69, 9.17) is 13.9 Å². The van der Waals surface area contributed by atoms with Gasteiger partial charge in [-0.3, -0.25) is 9.59 Å². The summed E-state index contributed by atoms with van der Waals surface area (Å²) in [5, 5.41) is 3.00. The molecule has 2 amide bonds. The standard InChI is InChI=1S/C21H24N2O5/c1-13-9-12-26-18(13)20(24)22-15-7-10-23(11-8-15)21(25)19-14(2)27-16-5-3-4-6-17(16)28-19/h3-6,9,12,14-15,19H,7-8,10-11H2,1-2H3,(H,22,24). The molecule has 1 N–H and O–H groups in total. The summed E-state index contributed by atoms with van der Waals surface area (Å²) >= 11 is 0. The van der Waals surface area contributed by atoms with Crippen LogP contribution in [0.4, 0.5) is 0 Å². The highest BCUT2D eigenvalue weighted by molar-refractivity contribution is 5.93. The van der Waals surface area contributed by atoms with Crippen molar-refractivity contribution in [2.24, 2.45) is 0 Å². The van der Waals surface area contributed by atoms with Gasteiger partial charge in [-0.05, 0) is 44.9 Å². The number of likely N-dealkylation sites (tertiary alicyclic amines) is 1. The van der Waals surface area contributed by atoms with Crippen LogP contribution in [-0.2, 0) is 4.79 Å². The summed E-state index contributed by atoms with van der Waals surface area (Å²) in [6.45, 7) is 4.81. The lowest BCUT2D eigenvalue weighted by molar-refractivity contribution is -0.145. The lowest BCUT2D eigenvalue weighted by Crippen LogP contribution is -2.54. The molecule has 1 aromatic heterocycles. The van der Waals surface area contributed by atoms with Crippen molar-refractivity contribution in [2.45, 2.75) is 44.9 Å². The summed E-state index contributed by atoms with van der Waals surface area (Å²) in [5.41, 5.74) is 0.814. The average Bonchev–Trinajstić information content (AvgIpc) is 3.13. The van der Waals surface area contributed by atoms with Crippen molar-refractivity contribution in [3.05, 3.63) is 47.9 Å². The molecule has 28 heavy (non-hydrogen) atoms. The van der Waals surface area contributed by atoms with Gasteiger partial charge in [0.1, 0.15) is 6.10 Å². The van der Waals surface area contributed by atoms with Crippen molar-refractivity contribution in [3.8, 4) is 11.5 Å². The molecule has 2 atom stereocenters. The summed E-state index contributed by atoms with van der Waals surface area (Å²) < 4.78 is 17.0. The molecule has 0 aliphatic carbocycles. The first-order valence-corrected chi connectivity index (χ1v) is 9.59. The van der Waals surface area contributed by atoms with Crippen LogP contribution in [0.15, 0.2) is 41.0 Å². The first kappa shape index (κ1) is 18.4. The van der Waals surface area contributed by atoms with Crippen LogP contribution < -0.4 is 14.8 Å². The molecule has 1 fully saturated rings. The Morgan fingerprint density at radius 3 is 2.39 bits per heavy atom. The number of fused-ring (bicyclic) bond motifs is 1. The molecule has 1 aromatic carbocycles. The molecule has 7 nitrogen and oxygen atoms in total. The van der Waals surface area contributed by atoms with E-state index < -0.39 is 6.10 Å². The maximum Gasteiger partial charge on any atom is 0.287 e. The Hall–Kier alpha value is -2.96. The quantitative estimate of drug-likeness (QED) is 0.880. The van der Waals surface area contributed by atoms with Gasteiger partial charge in [0.2, 0.25) is 6.10 Å². The van der Waals surface area contributed by atoms with E-state index in [9.17, 15) is 9.59 Å². The number of nitrogens with zero attached hydrogens (tertiary/aromatic N) is 1. The highest BCUT2D eigenvalue weighted by Crippen LogP contribution is 2.34. The number of hydrogen-bond acceptors (Lipinski definition) is 5. The molecule has 0 saturated carbocycles. The van der Waals surface area contributed by atoms with Crippen LogP contribution in [0.1, 0.15) is 35.9 Å². The Labute approximate surface area is 163 Å². The summed E-state index contributed by atoms with van der Waals surface area (Å²) in [6.07, 6.45) is 1.87.